The Hall–Kier alpha value is -3.36. The van der Waals surface area contributed by atoms with Crippen LogP contribution >= 0.6 is 11.6 Å². The van der Waals surface area contributed by atoms with Crippen molar-refractivity contribution in [1.82, 2.24) is 10.2 Å². The standard InChI is InChI=1S/C28H32ClN3O4S/c1-20-9-8-12-25(21(20)2)32(37(4,35)36)19-27(33)31(18-23-13-15-24(29)16-14-23)26(28(34)30-3)17-22-10-6-5-7-11-22/h5-16,26H,17-19H2,1-4H3,(H,30,34)/t26-/m1/s1. The van der Waals surface area contributed by atoms with Gasteiger partial charge in [0.1, 0.15) is 12.6 Å². The molecule has 1 atom stereocenters. The highest BCUT2D eigenvalue weighted by molar-refractivity contribution is 7.92. The molecule has 0 bridgehead atoms. The molecule has 0 radical (unpaired) electrons. The molecule has 7 nitrogen and oxygen atoms in total. The molecule has 37 heavy (non-hydrogen) atoms. The van der Waals surface area contributed by atoms with Crippen molar-refractivity contribution in [1.29, 1.82) is 0 Å². The third kappa shape index (κ3) is 7.33. The molecule has 9 heteroatoms. The first kappa shape index (κ1) is 28.2. The molecule has 3 rings (SSSR count). The van der Waals surface area contributed by atoms with Gasteiger partial charge < -0.3 is 10.2 Å². The van der Waals surface area contributed by atoms with Gasteiger partial charge in [-0.25, -0.2) is 8.42 Å². The van der Waals surface area contributed by atoms with Crippen molar-refractivity contribution in [3.63, 3.8) is 0 Å². The van der Waals surface area contributed by atoms with E-state index in [4.69, 9.17) is 11.6 Å². The van der Waals surface area contributed by atoms with Crippen molar-refractivity contribution < 1.29 is 18.0 Å². The molecule has 0 saturated carbocycles. The second-order valence-electron chi connectivity index (χ2n) is 8.96. The highest BCUT2D eigenvalue weighted by atomic mass is 35.5. The van der Waals surface area contributed by atoms with Crippen molar-refractivity contribution in [3.05, 3.63) is 100 Å². The fourth-order valence-corrected chi connectivity index (χ4v) is 5.13. The predicted molar refractivity (Wildman–Crippen MR) is 148 cm³/mol. The van der Waals surface area contributed by atoms with Gasteiger partial charge >= 0.3 is 0 Å². The lowest BCUT2D eigenvalue weighted by atomic mass is 10.0. The minimum atomic E-state index is -3.81. The second kappa shape index (κ2) is 12.3. The van der Waals surface area contributed by atoms with Crippen LogP contribution in [0.3, 0.4) is 0 Å². The van der Waals surface area contributed by atoms with Gasteiger partial charge in [0.2, 0.25) is 21.8 Å². The van der Waals surface area contributed by atoms with E-state index in [0.717, 1.165) is 32.8 Å². The lowest BCUT2D eigenvalue weighted by Gasteiger charge is -2.33. The maximum absolute atomic E-state index is 13.9. The monoisotopic (exact) mass is 541 g/mol. The third-order valence-corrected chi connectivity index (χ3v) is 7.69. The maximum Gasteiger partial charge on any atom is 0.244 e. The van der Waals surface area contributed by atoms with Crippen LogP contribution in [0, 0.1) is 13.8 Å². The number of halogens is 1. The zero-order valence-corrected chi connectivity index (χ0v) is 23.0. The molecule has 1 N–H and O–H groups in total. The summed E-state index contributed by atoms with van der Waals surface area (Å²) in [5.41, 5.74) is 3.74. The van der Waals surface area contributed by atoms with Crippen molar-refractivity contribution in [3.8, 4) is 0 Å². The van der Waals surface area contributed by atoms with E-state index in [2.05, 4.69) is 5.32 Å². The SMILES string of the molecule is CNC(=O)[C@@H](Cc1ccccc1)N(Cc1ccc(Cl)cc1)C(=O)CN(c1cccc(C)c1C)S(C)(=O)=O. The summed E-state index contributed by atoms with van der Waals surface area (Å²) in [7, 11) is -2.29. The van der Waals surface area contributed by atoms with E-state index in [0.29, 0.717) is 10.7 Å². The fraction of sp³-hybridized carbons (Fsp3) is 0.286. The molecule has 0 aliphatic carbocycles. The van der Waals surface area contributed by atoms with E-state index in [9.17, 15) is 18.0 Å². The minimum Gasteiger partial charge on any atom is -0.357 e. The summed E-state index contributed by atoms with van der Waals surface area (Å²) in [4.78, 5) is 28.4. The third-order valence-electron chi connectivity index (χ3n) is 6.31. The smallest absolute Gasteiger partial charge is 0.244 e. The highest BCUT2D eigenvalue weighted by Crippen LogP contribution is 2.26. The first-order valence-electron chi connectivity index (χ1n) is 11.8. The van der Waals surface area contributed by atoms with Gasteiger partial charge in [0.25, 0.3) is 0 Å². The molecule has 0 aliphatic heterocycles. The number of aryl methyl sites for hydroxylation is 1. The molecule has 196 valence electrons. The van der Waals surface area contributed by atoms with Crippen molar-refractivity contribution in [2.24, 2.45) is 0 Å². The molecule has 3 aromatic carbocycles. The Morgan fingerprint density at radius 3 is 2.16 bits per heavy atom. The number of nitrogens with zero attached hydrogens (tertiary/aromatic N) is 2. The number of hydrogen-bond donors (Lipinski definition) is 1. The number of amides is 2. The quantitative estimate of drug-likeness (QED) is 0.418. The van der Waals surface area contributed by atoms with Crippen LogP contribution < -0.4 is 9.62 Å². The molecule has 0 fully saturated rings. The van der Waals surface area contributed by atoms with Crippen molar-refractivity contribution in [2.75, 3.05) is 24.2 Å². The minimum absolute atomic E-state index is 0.103. The number of anilines is 1. The van der Waals surface area contributed by atoms with Crippen LogP contribution in [0.4, 0.5) is 5.69 Å². The molecular formula is C28H32ClN3O4S. The first-order valence-corrected chi connectivity index (χ1v) is 14.1. The van der Waals surface area contributed by atoms with Crippen LogP contribution in [0.2, 0.25) is 5.02 Å². The van der Waals surface area contributed by atoms with E-state index in [1.54, 1.807) is 36.4 Å². The van der Waals surface area contributed by atoms with Gasteiger partial charge in [-0.15, -0.1) is 0 Å². The summed E-state index contributed by atoms with van der Waals surface area (Å²) in [5.74, 6) is -0.838. The highest BCUT2D eigenvalue weighted by Gasteiger charge is 2.33. The second-order valence-corrected chi connectivity index (χ2v) is 11.3. The molecule has 0 spiro atoms. The Kier molecular flexibility index (Phi) is 9.34. The number of likely N-dealkylation sites (N-methyl/N-ethyl adjacent to an activating group) is 1. The van der Waals surface area contributed by atoms with E-state index in [1.807, 2.05) is 50.2 Å². The Morgan fingerprint density at radius 1 is 0.919 bits per heavy atom. The van der Waals surface area contributed by atoms with Crippen LogP contribution in [0.15, 0.2) is 72.8 Å². The van der Waals surface area contributed by atoms with Crippen LogP contribution in [0.25, 0.3) is 0 Å². The summed E-state index contributed by atoms with van der Waals surface area (Å²) in [6, 6.07) is 20.8. The molecule has 3 aromatic rings. The molecule has 2 amide bonds. The van der Waals surface area contributed by atoms with Crippen molar-refractivity contribution in [2.45, 2.75) is 32.9 Å². The number of rotatable bonds is 10. The van der Waals surface area contributed by atoms with E-state index < -0.39 is 28.5 Å². The van der Waals surface area contributed by atoms with Crippen LogP contribution in [-0.4, -0.2) is 51.0 Å². The van der Waals surface area contributed by atoms with Gasteiger partial charge in [-0.2, -0.15) is 0 Å². The topological polar surface area (TPSA) is 86.8 Å². The Bertz CT molecular complexity index is 1350. The largest absolute Gasteiger partial charge is 0.357 e. The van der Waals surface area contributed by atoms with Crippen molar-refractivity contribution >= 4 is 39.1 Å². The van der Waals surface area contributed by atoms with Gasteiger partial charge in [0.05, 0.1) is 11.9 Å². The van der Waals surface area contributed by atoms with E-state index in [-0.39, 0.29) is 18.9 Å². The van der Waals surface area contributed by atoms with Crippen LogP contribution in [-0.2, 0) is 32.6 Å². The Morgan fingerprint density at radius 2 is 1.57 bits per heavy atom. The number of sulfonamides is 1. The molecule has 0 aromatic heterocycles. The number of benzene rings is 3. The van der Waals surface area contributed by atoms with Gasteiger partial charge in [0.15, 0.2) is 0 Å². The van der Waals surface area contributed by atoms with Gasteiger partial charge in [-0.1, -0.05) is 66.2 Å². The average molecular weight is 542 g/mol. The van der Waals surface area contributed by atoms with Crippen LogP contribution in [0.1, 0.15) is 22.3 Å². The predicted octanol–water partition coefficient (Wildman–Crippen LogP) is 4.11. The molecule has 0 unspecified atom stereocenters. The number of nitrogens with one attached hydrogen (secondary N) is 1. The average Bonchev–Trinajstić information content (AvgIpc) is 2.87. The first-order chi connectivity index (χ1) is 17.5. The van der Waals surface area contributed by atoms with E-state index in [1.165, 1.54) is 11.9 Å². The molecule has 0 saturated heterocycles. The normalized spacial score (nSPS) is 12.0. The summed E-state index contributed by atoms with van der Waals surface area (Å²) in [6.07, 6.45) is 1.34. The summed E-state index contributed by atoms with van der Waals surface area (Å²) in [6.45, 7) is 3.36. The van der Waals surface area contributed by atoms with Gasteiger partial charge in [0, 0.05) is 25.0 Å². The van der Waals surface area contributed by atoms with Gasteiger partial charge in [-0.3, -0.25) is 13.9 Å². The van der Waals surface area contributed by atoms with Gasteiger partial charge in [-0.05, 0) is 54.3 Å². The number of hydrogen-bond acceptors (Lipinski definition) is 4. The van der Waals surface area contributed by atoms with Crippen LogP contribution in [0.5, 0.6) is 0 Å². The summed E-state index contributed by atoms with van der Waals surface area (Å²) in [5, 5.41) is 3.21. The summed E-state index contributed by atoms with van der Waals surface area (Å²) >= 11 is 6.05. The lowest BCUT2D eigenvalue weighted by molar-refractivity contribution is -0.139. The lowest BCUT2D eigenvalue weighted by Crippen LogP contribution is -2.53. The Labute approximate surface area is 224 Å². The van der Waals surface area contributed by atoms with E-state index >= 15 is 0 Å². The Balaban J connectivity index is 2.05. The number of carbonyl (C=O) groups is 2. The fourth-order valence-electron chi connectivity index (χ4n) is 4.11. The number of carbonyl (C=O) groups excluding carboxylic acids is 2. The molecule has 0 heterocycles. The summed E-state index contributed by atoms with van der Waals surface area (Å²) < 4.78 is 26.8. The zero-order chi connectivity index (χ0) is 27.2. The molecule has 0 aliphatic rings. The maximum atomic E-state index is 13.9. The zero-order valence-electron chi connectivity index (χ0n) is 21.4. The molecular weight excluding hydrogens is 510 g/mol.